The van der Waals surface area contributed by atoms with Crippen molar-refractivity contribution in [2.45, 2.75) is 30.9 Å². The number of hydrogen-bond donors (Lipinski definition) is 0. The van der Waals surface area contributed by atoms with E-state index >= 15 is 0 Å². The fourth-order valence-electron chi connectivity index (χ4n) is 0.865. The summed E-state index contributed by atoms with van der Waals surface area (Å²) in [6, 6.07) is 0. The highest BCUT2D eigenvalue weighted by atomic mass is 35.5. The summed E-state index contributed by atoms with van der Waals surface area (Å²) in [5.74, 6) is 0. The van der Waals surface area contributed by atoms with Crippen molar-refractivity contribution >= 4 is 32.8 Å². The summed E-state index contributed by atoms with van der Waals surface area (Å²) in [7, 11) is -3.21. The molecule has 0 unspecified atom stereocenters. The molecule has 5 heteroatoms. The van der Waals surface area contributed by atoms with Crippen molar-refractivity contribution in [3.8, 4) is 0 Å². The van der Waals surface area contributed by atoms with Crippen LogP contribution in [0.3, 0.4) is 0 Å². The van der Waals surface area contributed by atoms with Gasteiger partial charge in [0.05, 0.1) is 15.2 Å². The van der Waals surface area contributed by atoms with Crippen LogP contribution in [0.5, 0.6) is 0 Å². The highest BCUT2D eigenvalue weighted by molar-refractivity contribution is 7.92. The van der Waals surface area contributed by atoms with Crippen molar-refractivity contribution in [2.24, 2.45) is 0 Å². The van der Waals surface area contributed by atoms with Gasteiger partial charge in [0, 0.05) is 10.3 Å². The molecule has 0 atom stereocenters. The van der Waals surface area contributed by atoms with E-state index in [2.05, 4.69) is 0 Å². The summed E-state index contributed by atoms with van der Waals surface area (Å²) in [6.45, 7) is 5.11. The molecule has 0 aliphatic heterocycles. The van der Waals surface area contributed by atoms with E-state index in [9.17, 15) is 8.42 Å². The molecule has 0 saturated carbocycles. The van der Waals surface area contributed by atoms with E-state index in [1.807, 2.05) is 6.92 Å². The van der Waals surface area contributed by atoms with Gasteiger partial charge in [-0.1, -0.05) is 11.6 Å². The Labute approximate surface area is 87.5 Å². The van der Waals surface area contributed by atoms with E-state index in [0.717, 1.165) is 4.88 Å². The molecule has 1 aromatic rings. The molecule has 1 aromatic heterocycles. The maximum Gasteiger partial charge on any atom is 0.182 e. The predicted molar refractivity (Wildman–Crippen MR) is 56.4 cm³/mol. The van der Waals surface area contributed by atoms with Crippen LogP contribution >= 0.6 is 22.9 Å². The molecule has 2 nitrogen and oxygen atoms in total. The summed E-state index contributed by atoms with van der Waals surface area (Å²) in [4.78, 5) is 1.12. The fraction of sp³-hybridized carbons (Fsp3) is 0.500. The maximum atomic E-state index is 11.7. The van der Waals surface area contributed by atoms with Crippen LogP contribution in [0.15, 0.2) is 10.3 Å². The SMILES string of the molecule is Cc1scc(S(=O)(=O)C(C)C)c1Cl. The van der Waals surface area contributed by atoms with Crippen molar-refractivity contribution in [1.29, 1.82) is 0 Å². The molecule has 0 radical (unpaired) electrons. The zero-order valence-corrected chi connectivity index (χ0v) is 10.1. The molecule has 0 aliphatic rings. The number of aryl methyl sites for hydroxylation is 1. The van der Waals surface area contributed by atoms with Gasteiger partial charge in [0.1, 0.15) is 0 Å². The fourth-order valence-corrected chi connectivity index (χ4v) is 3.71. The zero-order valence-electron chi connectivity index (χ0n) is 7.67. The number of sulfone groups is 1. The smallest absolute Gasteiger partial charge is 0.182 e. The predicted octanol–water partition coefficient (Wildman–Crippen LogP) is 2.89. The Morgan fingerprint density at radius 2 is 2.00 bits per heavy atom. The van der Waals surface area contributed by atoms with Gasteiger partial charge in [0.15, 0.2) is 9.84 Å². The number of rotatable bonds is 2. The molecule has 0 bridgehead atoms. The molecule has 0 aromatic carbocycles. The summed E-state index contributed by atoms with van der Waals surface area (Å²) >= 11 is 7.23. The lowest BCUT2D eigenvalue weighted by atomic mass is 10.5. The third kappa shape index (κ3) is 1.90. The number of halogens is 1. The quantitative estimate of drug-likeness (QED) is 0.794. The van der Waals surface area contributed by atoms with E-state index < -0.39 is 15.1 Å². The van der Waals surface area contributed by atoms with E-state index in [1.165, 1.54) is 11.3 Å². The van der Waals surface area contributed by atoms with Crippen LogP contribution in [0, 0.1) is 6.92 Å². The first-order valence-corrected chi connectivity index (χ1v) is 6.65. The Kier molecular flexibility index (Phi) is 3.05. The molecule has 0 aliphatic carbocycles. The van der Waals surface area contributed by atoms with E-state index in [-0.39, 0.29) is 4.90 Å². The molecule has 1 heterocycles. The topological polar surface area (TPSA) is 34.1 Å². The Bertz CT molecular complexity index is 404. The molecule has 0 spiro atoms. The first-order valence-electron chi connectivity index (χ1n) is 3.85. The Balaban J connectivity index is 3.32. The van der Waals surface area contributed by atoms with Crippen LogP contribution in [0.25, 0.3) is 0 Å². The molecule has 13 heavy (non-hydrogen) atoms. The molecule has 0 amide bonds. The van der Waals surface area contributed by atoms with Crippen LogP contribution in [-0.2, 0) is 9.84 Å². The Hall–Kier alpha value is -0.0600. The number of thiophene rings is 1. The van der Waals surface area contributed by atoms with Crippen LogP contribution < -0.4 is 0 Å². The zero-order chi connectivity index (χ0) is 10.2. The molecule has 0 saturated heterocycles. The normalized spacial score (nSPS) is 12.4. The Morgan fingerprint density at radius 3 is 2.31 bits per heavy atom. The van der Waals surface area contributed by atoms with E-state index in [0.29, 0.717) is 5.02 Å². The standard InChI is InChI=1S/C8H11ClO2S2/c1-5(2)13(10,11)7-4-12-6(3)8(7)9/h4-5H,1-3H3. The summed E-state index contributed by atoms with van der Waals surface area (Å²) in [6.07, 6.45) is 0. The van der Waals surface area contributed by atoms with Gasteiger partial charge in [-0.15, -0.1) is 11.3 Å². The molecule has 74 valence electrons. The maximum absolute atomic E-state index is 11.7. The van der Waals surface area contributed by atoms with E-state index in [1.54, 1.807) is 19.2 Å². The highest BCUT2D eigenvalue weighted by Crippen LogP contribution is 2.32. The lowest BCUT2D eigenvalue weighted by molar-refractivity contribution is 0.588. The first-order chi connectivity index (χ1) is 5.87. The molecule has 1 rings (SSSR count). The van der Waals surface area contributed by atoms with Crippen LogP contribution in [0.2, 0.25) is 5.02 Å². The second kappa shape index (κ2) is 3.59. The van der Waals surface area contributed by atoms with Crippen molar-refractivity contribution in [1.82, 2.24) is 0 Å². The van der Waals surface area contributed by atoms with Crippen molar-refractivity contribution in [2.75, 3.05) is 0 Å². The van der Waals surface area contributed by atoms with Crippen molar-refractivity contribution < 1.29 is 8.42 Å². The lowest BCUT2D eigenvalue weighted by Gasteiger charge is -2.05. The van der Waals surface area contributed by atoms with Crippen LogP contribution in [0.1, 0.15) is 18.7 Å². The largest absolute Gasteiger partial charge is 0.223 e. The second-order valence-electron chi connectivity index (χ2n) is 3.06. The van der Waals surface area contributed by atoms with Gasteiger partial charge < -0.3 is 0 Å². The van der Waals surface area contributed by atoms with Gasteiger partial charge >= 0.3 is 0 Å². The average Bonchev–Trinajstić information content (AvgIpc) is 2.33. The lowest BCUT2D eigenvalue weighted by Crippen LogP contribution is -2.13. The molecular formula is C8H11ClO2S2. The highest BCUT2D eigenvalue weighted by Gasteiger charge is 2.24. The summed E-state index contributed by atoms with van der Waals surface area (Å²) in [5, 5.41) is 1.56. The summed E-state index contributed by atoms with van der Waals surface area (Å²) in [5.41, 5.74) is 0. The third-order valence-electron chi connectivity index (χ3n) is 1.80. The van der Waals surface area contributed by atoms with Gasteiger partial charge in [0.2, 0.25) is 0 Å². The average molecular weight is 239 g/mol. The van der Waals surface area contributed by atoms with Gasteiger partial charge in [-0.05, 0) is 20.8 Å². The minimum absolute atomic E-state index is 0.270. The minimum atomic E-state index is -3.21. The molecule has 0 fully saturated rings. The van der Waals surface area contributed by atoms with Crippen LogP contribution in [-0.4, -0.2) is 13.7 Å². The van der Waals surface area contributed by atoms with Gasteiger partial charge in [-0.2, -0.15) is 0 Å². The van der Waals surface area contributed by atoms with Gasteiger partial charge in [-0.3, -0.25) is 0 Å². The van der Waals surface area contributed by atoms with Crippen molar-refractivity contribution in [3.63, 3.8) is 0 Å². The first kappa shape index (κ1) is 11.0. The monoisotopic (exact) mass is 238 g/mol. The molecule has 0 N–H and O–H groups in total. The van der Waals surface area contributed by atoms with Gasteiger partial charge in [0.25, 0.3) is 0 Å². The third-order valence-corrected chi connectivity index (χ3v) is 5.74. The summed E-state index contributed by atoms with van der Waals surface area (Å²) < 4.78 is 23.4. The Morgan fingerprint density at radius 1 is 1.46 bits per heavy atom. The van der Waals surface area contributed by atoms with Crippen LogP contribution in [0.4, 0.5) is 0 Å². The van der Waals surface area contributed by atoms with Crippen molar-refractivity contribution in [3.05, 3.63) is 15.3 Å². The minimum Gasteiger partial charge on any atom is -0.223 e. The molecular weight excluding hydrogens is 228 g/mol. The van der Waals surface area contributed by atoms with Gasteiger partial charge in [-0.25, -0.2) is 8.42 Å². The van der Waals surface area contributed by atoms with E-state index in [4.69, 9.17) is 11.6 Å². The second-order valence-corrected chi connectivity index (χ2v) is 7.00. The number of hydrogen-bond acceptors (Lipinski definition) is 3.